The van der Waals surface area contributed by atoms with Gasteiger partial charge in [-0.25, -0.2) is 0 Å². The van der Waals surface area contributed by atoms with E-state index in [1.165, 1.54) is 49.4 Å². The molecule has 0 N–H and O–H groups in total. The number of thiocarbonyl (C=S) groups is 1. The summed E-state index contributed by atoms with van der Waals surface area (Å²) >= 11 is 7.01. The summed E-state index contributed by atoms with van der Waals surface area (Å²) in [5.74, 6) is 0.924. The summed E-state index contributed by atoms with van der Waals surface area (Å²) < 4.78 is 2.77. The average molecular weight is 524 g/mol. The summed E-state index contributed by atoms with van der Waals surface area (Å²) in [5.41, 5.74) is 3.30. The third-order valence-electron chi connectivity index (χ3n) is 8.22. The predicted octanol–water partition coefficient (Wildman–Crippen LogP) is 6.39. The first-order valence-corrected chi connectivity index (χ1v) is 14.8. The molecular weight excluding hydrogens is 486 g/mol. The minimum atomic E-state index is 0.0220. The van der Waals surface area contributed by atoms with Gasteiger partial charge in [0.1, 0.15) is 10.9 Å². The van der Waals surface area contributed by atoms with Crippen LogP contribution in [0.3, 0.4) is 0 Å². The average Bonchev–Trinajstić information content (AvgIpc) is 3.58. The van der Waals surface area contributed by atoms with Crippen molar-refractivity contribution in [2.24, 2.45) is 5.92 Å². The summed E-state index contributed by atoms with van der Waals surface area (Å²) in [6, 6.07) is 6.61. The van der Waals surface area contributed by atoms with E-state index in [0.29, 0.717) is 21.8 Å². The number of amides is 2. The molecule has 0 bridgehead atoms. The van der Waals surface area contributed by atoms with Crippen molar-refractivity contribution in [3.05, 3.63) is 40.4 Å². The molecule has 3 aliphatic rings. The normalized spacial score (nSPS) is 22.5. The van der Waals surface area contributed by atoms with Crippen molar-refractivity contribution in [1.29, 1.82) is 0 Å². The predicted molar refractivity (Wildman–Crippen MR) is 153 cm³/mol. The molecule has 2 amide bonds. The molecular formula is C29H37N3O2S2. The van der Waals surface area contributed by atoms with Crippen molar-refractivity contribution >= 4 is 57.1 Å². The fraction of sp³-hybridized carbons (Fsp3) is 0.552. The highest BCUT2D eigenvalue weighted by Crippen LogP contribution is 2.36. The quantitative estimate of drug-likeness (QED) is 0.312. The summed E-state index contributed by atoms with van der Waals surface area (Å²) in [5, 5.41) is 1.09. The van der Waals surface area contributed by atoms with Gasteiger partial charge in [0.25, 0.3) is 5.91 Å². The van der Waals surface area contributed by atoms with Crippen molar-refractivity contribution in [2.45, 2.75) is 84.2 Å². The monoisotopic (exact) mass is 523 g/mol. The Kier molecular flexibility index (Phi) is 7.87. The molecule has 36 heavy (non-hydrogen) atoms. The SMILES string of the molecule is CCc1cccc2c(/C=C3\SC(=S)N(CCC4CCCC4)C3=O)cn(CC(=O)N3CCCC[C@H]3C)c12. The molecule has 0 spiro atoms. The molecule has 1 aromatic carbocycles. The van der Waals surface area contributed by atoms with Gasteiger partial charge in [0, 0.05) is 36.3 Å². The van der Waals surface area contributed by atoms with E-state index in [1.807, 2.05) is 11.0 Å². The van der Waals surface area contributed by atoms with Crippen LogP contribution in [-0.2, 0) is 22.6 Å². The molecule has 3 fully saturated rings. The van der Waals surface area contributed by atoms with Crippen molar-refractivity contribution < 1.29 is 9.59 Å². The second-order valence-corrected chi connectivity index (χ2v) is 12.3. The van der Waals surface area contributed by atoms with Crippen molar-refractivity contribution in [1.82, 2.24) is 14.4 Å². The Hall–Kier alpha value is -2.12. The smallest absolute Gasteiger partial charge is 0.266 e. The van der Waals surface area contributed by atoms with Gasteiger partial charge >= 0.3 is 0 Å². The number of aryl methyl sites for hydroxylation is 1. The summed E-state index contributed by atoms with van der Waals surface area (Å²) in [7, 11) is 0. The molecule has 0 radical (unpaired) electrons. The number of benzene rings is 1. The molecule has 2 aliphatic heterocycles. The van der Waals surface area contributed by atoms with Gasteiger partial charge < -0.3 is 9.47 Å². The van der Waals surface area contributed by atoms with Crippen LogP contribution in [0, 0.1) is 5.92 Å². The molecule has 2 saturated heterocycles. The standard InChI is InChI=1S/C29H37N3O2S2/c1-3-22-12-8-13-24-23(18-30(27(22)24)19-26(33)31-15-7-6-9-20(31)2)17-25-28(34)32(29(35)36-25)16-14-21-10-4-5-11-21/h8,12-13,17-18,20-21H,3-7,9-11,14-16,19H2,1-2H3/b25-17-/t20-/m1/s1. The van der Waals surface area contributed by atoms with Crippen LogP contribution in [0.1, 0.15) is 76.3 Å². The number of carbonyl (C=O) groups is 2. The lowest BCUT2D eigenvalue weighted by Gasteiger charge is -2.33. The molecule has 7 heteroatoms. The van der Waals surface area contributed by atoms with Gasteiger partial charge in [-0.2, -0.15) is 0 Å². The Morgan fingerprint density at radius 1 is 1.17 bits per heavy atom. The molecule has 2 aromatic rings. The van der Waals surface area contributed by atoms with Crippen LogP contribution in [0.4, 0.5) is 0 Å². The lowest BCUT2D eigenvalue weighted by Crippen LogP contribution is -2.43. The Balaban J connectivity index is 1.42. The molecule has 1 aromatic heterocycles. The maximum Gasteiger partial charge on any atom is 0.266 e. The number of para-hydroxylation sites is 1. The molecule has 1 aliphatic carbocycles. The molecule has 1 atom stereocenters. The number of likely N-dealkylation sites (tertiary alicyclic amines) is 1. The number of hydrogen-bond donors (Lipinski definition) is 0. The Labute approximate surface area is 224 Å². The Bertz CT molecular complexity index is 1190. The number of carbonyl (C=O) groups excluding carboxylic acids is 2. The molecule has 192 valence electrons. The van der Waals surface area contributed by atoms with Gasteiger partial charge in [0.15, 0.2) is 0 Å². The van der Waals surface area contributed by atoms with Gasteiger partial charge in [-0.1, -0.05) is 74.8 Å². The van der Waals surface area contributed by atoms with E-state index in [0.717, 1.165) is 61.2 Å². The van der Waals surface area contributed by atoms with Crippen LogP contribution in [0.25, 0.3) is 17.0 Å². The zero-order chi connectivity index (χ0) is 25.2. The van der Waals surface area contributed by atoms with E-state index in [-0.39, 0.29) is 11.8 Å². The number of rotatable bonds is 7. The third kappa shape index (κ3) is 5.14. The van der Waals surface area contributed by atoms with Crippen LogP contribution in [0.2, 0.25) is 0 Å². The van der Waals surface area contributed by atoms with Gasteiger partial charge in [0.2, 0.25) is 5.91 Å². The van der Waals surface area contributed by atoms with Gasteiger partial charge in [-0.3, -0.25) is 14.5 Å². The summed E-state index contributed by atoms with van der Waals surface area (Å²) in [4.78, 5) is 31.1. The fourth-order valence-corrected chi connectivity index (χ4v) is 7.44. The van der Waals surface area contributed by atoms with Crippen LogP contribution >= 0.6 is 24.0 Å². The molecule has 5 rings (SSSR count). The zero-order valence-corrected chi connectivity index (χ0v) is 23.1. The molecule has 0 unspecified atom stereocenters. The lowest BCUT2D eigenvalue weighted by atomic mass is 10.0. The highest BCUT2D eigenvalue weighted by molar-refractivity contribution is 8.26. The second kappa shape index (κ2) is 11.1. The third-order valence-corrected chi connectivity index (χ3v) is 9.60. The van der Waals surface area contributed by atoms with Crippen molar-refractivity contribution in [2.75, 3.05) is 13.1 Å². The first-order valence-electron chi connectivity index (χ1n) is 13.6. The number of nitrogens with zero attached hydrogens (tertiary/aromatic N) is 3. The second-order valence-electron chi connectivity index (χ2n) is 10.6. The van der Waals surface area contributed by atoms with Crippen molar-refractivity contribution in [3.63, 3.8) is 0 Å². The summed E-state index contributed by atoms with van der Waals surface area (Å²) in [6.45, 7) is 6.19. The van der Waals surface area contributed by atoms with E-state index in [2.05, 4.69) is 42.8 Å². The van der Waals surface area contributed by atoms with Crippen molar-refractivity contribution in [3.8, 4) is 0 Å². The number of aromatic nitrogens is 1. The zero-order valence-electron chi connectivity index (χ0n) is 21.5. The highest BCUT2D eigenvalue weighted by atomic mass is 32.2. The van der Waals surface area contributed by atoms with Gasteiger partial charge in [0.05, 0.1) is 10.4 Å². The number of thioether (sulfide) groups is 1. The van der Waals surface area contributed by atoms with Gasteiger partial charge in [-0.15, -0.1) is 0 Å². The largest absolute Gasteiger partial charge is 0.338 e. The topological polar surface area (TPSA) is 45.6 Å². The number of fused-ring (bicyclic) bond motifs is 1. The molecule has 5 nitrogen and oxygen atoms in total. The van der Waals surface area contributed by atoms with Crippen LogP contribution in [0.15, 0.2) is 29.3 Å². The van der Waals surface area contributed by atoms with Crippen LogP contribution < -0.4 is 0 Å². The minimum Gasteiger partial charge on any atom is -0.338 e. The summed E-state index contributed by atoms with van der Waals surface area (Å²) in [6.07, 6.45) is 14.5. The minimum absolute atomic E-state index is 0.0220. The van der Waals surface area contributed by atoms with Crippen LogP contribution in [-0.4, -0.2) is 49.6 Å². The van der Waals surface area contributed by atoms with Gasteiger partial charge in [-0.05, 0) is 56.6 Å². The van der Waals surface area contributed by atoms with E-state index in [9.17, 15) is 9.59 Å². The highest BCUT2D eigenvalue weighted by Gasteiger charge is 2.33. The van der Waals surface area contributed by atoms with E-state index < -0.39 is 0 Å². The fourth-order valence-electron chi connectivity index (χ4n) is 6.14. The first kappa shape index (κ1) is 25.5. The molecule has 3 heterocycles. The van der Waals surface area contributed by atoms with E-state index in [4.69, 9.17) is 12.2 Å². The maximum atomic E-state index is 13.3. The lowest BCUT2D eigenvalue weighted by molar-refractivity contribution is -0.135. The van der Waals surface area contributed by atoms with E-state index >= 15 is 0 Å². The van der Waals surface area contributed by atoms with Crippen LogP contribution in [0.5, 0.6) is 0 Å². The van der Waals surface area contributed by atoms with E-state index in [1.54, 1.807) is 4.90 Å². The molecule has 1 saturated carbocycles. The first-order chi connectivity index (χ1) is 17.5. The number of hydrogen-bond acceptors (Lipinski definition) is 4. The number of piperidine rings is 1. The Morgan fingerprint density at radius 3 is 2.69 bits per heavy atom. The Morgan fingerprint density at radius 2 is 1.94 bits per heavy atom. The maximum absolute atomic E-state index is 13.3.